The van der Waals surface area contributed by atoms with Crippen molar-refractivity contribution in [2.75, 3.05) is 19.0 Å². The molecule has 1 aliphatic heterocycles. The first kappa shape index (κ1) is 17.2. The van der Waals surface area contributed by atoms with Gasteiger partial charge < -0.3 is 24.4 Å². The maximum Gasteiger partial charge on any atom is 0.303 e. The number of aliphatic hydroxyl groups excluding tert-OH is 2. The number of hydrogen-bond acceptors (Lipinski definition) is 8. The minimum Gasteiger partial charge on any atom is -0.456 e. The van der Waals surface area contributed by atoms with E-state index in [1.54, 1.807) is 0 Å². The van der Waals surface area contributed by atoms with Crippen LogP contribution in [0.1, 0.15) is 20.8 Å². The summed E-state index contributed by atoms with van der Waals surface area (Å²) in [5.41, 5.74) is 0. The Kier molecular flexibility index (Phi) is 6.25. The van der Waals surface area contributed by atoms with Crippen molar-refractivity contribution >= 4 is 23.7 Å². The summed E-state index contributed by atoms with van der Waals surface area (Å²) >= 11 is 1.23. The summed E-state index contributed by atoms with van der Waals surface area (Å²) in [5, 5.41) is 19.0. The van der Waals surface area contributed by atoms with Crippen molar-refractivity contribution in [3.05, 3.63) is 0 Å². The fourth-order valence-corrected chi connectivity index (χ4v) is 3.29. The molecular weight excluding hydrogens is 288 g/mol. The molecule has 2 N–H and O–H groups in total. The van der Waals surface area contributed by atoms with Gasteiger partial charge in [0.2, 0.25) is 0 Å². The van der Waals surface area contributed by atoms with E-state index in [9.17, 15) is 19.8 Å². The predicted octanol–water partition coefficient (Wildman–Crippen LogP) is -0.317. The summed E-state index contributed by atoms with van der Waals surface area (Å²) in [5.74, 6) is -0.572. The highest BCUT2D eigenvalue weighted by Crippen LogP contribution is 2.43. The molecule has 0 aromatic carbocycles. The fourth-order valence-electron chi connectivity index (χ4n) is 2.18. The molecule has 0 amide bonds. The number of hydrogen-bond donors (Lipinski definition) is 2. The maximum atomic E-state index is 11.3. The lowest BCUT2D eigenvalue weighted by molar-refractivity contribution is -0.165. The topological polar surface area (TPSA) is 102 Å². The molecule has 0 unspecified atom stereocenters. The zero-order valence-corrected chi connectivity index (χ0v) is 12.5. The number of ether oxygens (including phenoxy) is 3. The highest BCUT2D eigenvalue weighted by Gasteiger charge is 2.58. The molecule has 0 aromatic heterocycles. The van der Waals surface area contributed by atoms with Crippen molar-refractivity contribution in [1.29, 1.82) is 0 Å². The van der Waals surface area contributed by atoms with Gasteiger partial charge in [-0.1, -0.05) is 6.92 Å². The number of thioether (sulfide) groups is 1. The summed E-state index contributed by atoms with van der Waals surface area (Å²) in [6.07, 6.45) is -2.78. The molecule has 1 aliphatic rings. The van der Waals surface area contributed by atoms with Gasteiger partial charge in [-0.05, 0) is 5.75 Å². The normalized spacial score (nSPS) is 33.0. The zero-order chi connectivity index (χ0) is 15.3. The minimum absolute atomic E-state index is 0.415. The van der Waals surface area contributed by atoms with E-state index in [0.29, 0.717) is 5.75 Å². The lowest BCUT2D eigenvalue weighted by Gasteiger charge is -2.31. The number of aliphatic hydroxyl groups is 2. The number of carbonyl (C=O) groups excluding carboxylic acids is 2. The molecule has 20 heavy (non-hydrogen) atoms. The molecule has 0 radical (unpaired) electrons. The first-order valence-electron chi connectivity index (χ1n) is 6.28. The Morgan fingerprint density at radius 2 is 1.85 bits per heavy atom. The average Bonchev–Trinajstić information content (AvgIpc) is 2.64. The van der Waals surface area contributed by atoms with E-state index in [-0.39, 0.29) is 0 Å². The molecule has 8 heteroatoms. The Morgan fingerprint density at radius 3 is 2.25 bits per heavy atom. The van der Waals surface area contributed by atoms with Gasteiger partial charge in [-0.2, -0.15) is 0 Å². The predicted molar refractivity (Wildman–Crippen MR) is 71.0 cm³/mol. The first-order chi connectivity index (χ1) is 9.40. The number of esters is 2. The van der Waals surface area contributed by atoms with Gasteiger partial charge in [-0.15, -0.1) is 11.8 Å². The summed E-state index contributed by atoms with van der Waals surface area (Å²) < 4.78 is 15.9. The van der Waals surface area contributed by atoms with Crippen LogP contribution in [0.3, 0.4) is 0 Å². The molecule has 116 valence electrons. The van der Waals surface area contributed by atoms with E-state index in [1.165, 1.54) is 25.6 Å². The van der Waals surface area contributed by atoms with Crippen molar-refractivity contribution in [2.24, 2.45) is 0 Å². The molecule has 1 saturated heterocycles. The van der Waals surface area contributed by atoms with E-state index < -0.39 is 48.4 Å². The molecular formula is C12H20O7S. The smallest absolute Gasteiger partial charge is 0.303 e. The summed E-state index contributed by atoms with van der Waals surface area (Å²) in [6, 6.07) is 0. The highest BCUT2D eigenvalue weighted by molar-refractivity contribution is 8.00. The molecule has 0 bridgehead atoms. The summed E-state index contributed by atoms with van der Waals surface area (Å²) in [6.45, 7) is 3.43. The zero-order valence-electron chi connectivity index (χ0n) is 11.7. The second kappa shape index (κ2) is 7.26. The van der Waals surface area contributed by atoms with Crippen LogP contribution in [0.4, 0.5) is 0 Å². The Bertz CT molecular complexity index is 362. The molecule has 1 rings (SSSR count). The molecule has 0 saturated carbocycles. The second-order valence-electron chi connectivity index (χ2n) is 4.35. The SMILES string of the molecule is CCS[C@]1(CO)O[C@H](CO)[C@@H](OC(C)=O)[C@@H]1OC(C)=O. The largest absolute Gasteiger partial charge is 0.456 e. The van der Waals surface area contributed by atoms with Gasteiger partial charge in [0, 0.05) is 13.8 Å². The lowest BCUT2D eigenvalue weighted by Crippen LogP contribution is -2.47. The van der Waals surface area contributed by atoms with Crippen LogP contribution in [0, 0.1) is 0 Å². The van der Waals surface area contributed by atoms with Crippen LogP contribution in [0.2, 0.25) is 0 Å². The van der Waals surface area contributed by atoms with Crippen molar-refractivity contribution in [1.82, 2.24) is 0 Å². The third-order valence-corrected chi connectivity index (χ3v) is 4.07. The van der Waals surface area contributed by atoms with Crippen LogP contribution in [-0.2, 0) is 23.8 Å². The van der Waals surface area contributed by atoms with Crippen molar-refractivity contribution in [3.8, 4) is 0 Å². The molecule has 4 atom stereocenters. The Balaban J connectivity index is 3.10. The number of rotatable bonds is 6. The third kappa shape index (κ3) is 3.63. The van der Waals surface area contributed by atoms with E-state index >= 15 is 0 Å². The van der Waals surface area contributed by atoms with Crippen LogP contribution in [-0.4, -0.2) is 64.4 Å². The van der Waals surface area contributed by atoms with E-state index in [1.807, 2.05) is 6.92 Å². The Hall–Kier alpha value is -0.830. The Labute approximate surface area is 121 Å². The second-order valence-corrected chi connectivity index (χ2v) is 5.90. The highest BCUT2D eigenvalue weighted by atomic mass is 32.2. The molecule has 1 heterocycles. The Morgan fingerprint density at radius 1 is 1.25 bits per heavy atom. The quantitative estimate of drug-likeness (QED) is 0.644. The van der Waals surface area contributed by atoms with Gasteiger partial charge in [0.25, 0.3) is 0 Å². The molecule has 7 nitrogen and oxygen atoms in total. The van der Waals surface area contributed by atoms with Crippen LogP contribution in [0.15, 0.2) is 0 Å². The lowest BCUT2D eigenvalue weighted by atomic mass is 10.1. The standard InChI is InChI=1S/C12H20O7S/c1-4-20-12(6-14)11(18-8(3)16)10(17-7(2)15)9(5-13)19-12/h9-11,13-14H,4-6H2,1-3H3/t9-,10-,11+,12+/m1/s1. The van der Waals surface area contributed by atoms with Crippen molar-refractivity contribution in [3.63, 3.8) is 0 Å². The van der Waals surface area contributed by atoms with Crippen molar-refractivity contribution < 1.29 is 34.0 Å². The van der Waals surface area contributed by atoms with E-state index in [4.69, 9.17) is 14.2 Å². The van der Waals surface area contributed by atoms with Gasteiger partial charge in [0.1, 0.15) is 6.10 Å². The van der Waals surface area contributed by atoms with Crippen molar-refractivity contribution in [2.45, 2.75) is 44.0 Å². The van der Waals surface area contributed by atoms with E-state index in [2.05, 4.69) is 0 Å². The van der Waals surface area contributed by atoms with Gasteiger partial charge >= 0.3 is 11.9 Å². The van der Waals surface area contributed by atoms with Gasteiger partial charge in [-0.25, -0.2) is 0 Å². The van der Waals surface area contributed by atoms with Gasteiger partial charge in [0.15, 0.2) is 17.1 Å². The van der Waals surface area contributed by atoms with Gasteiger partial charge in [-0.3, -0.25) is 9.59 Å². The molecule has 1 fully saturated rings. The minimum atomic E-state index is -1.24. The summed E-state index contributed by atoms with van der Waals surface area (Å²) in [7, 11) is 0. The average molecular weight is 308 g/mol. The molecule has 0 aromatic rings. The van der Waals surface area contributed by atoms with Gasteiger partial charge in [0.05, 0.1) is 13.2 Å². The van der Waals surface area contributed by atoms with E-state index in [0.717, 1.165) is 0 Å². The summed E-state index contributed by atoms with van der Waals surface area (Å²) in [4.78, 5) is 21.2. The third-order valence-electron chi connectivity index (χ3n) is 2.83. The molecule has 0 aliphatic carbocycles. The van der Waals surface area contributed by atoms with Crippen LogP contribution in [0.5, 0.6) is 0 Å². The fraction of sp³-hybridized carbons (Fsp3) is 0.833. The van der Waals surface area contributed by atoms with Crippen LogP contribution >= 0.6 is 11.8 Å². The first-order valence-corrected chi connectivity index (χ1v) is 7.26. The maximum absolute atomic E-state index is 11.3. The van der Waals surface area contributed by atoms with Crippen LogP contribution in [0.25, 0.3) is 0 Å². The monoisotopic (exact) mass is 308 g/mol. The number of carbonyl (C=O) groups is 2. The molecule has 0 spiro atoms. The van der Waals surface area contributed by atoms with Crippen LogP contribution < -0.4 is 0 Å².